The fourth-order valence-electron chi connectivity index (χ4n) is 3.47. The van der Waals surface area contributed by atoms with Crippen molar-refractivity contribution in [1.29, 1.82) is 0 Å². The van der Waals surface area contributed by atoms with E-state index in [2.05, 4.69) is 14.9 Å². The first-order valence-electron chi connectivity index (χ1n) is 10.2. The molecule has 3 aromatic rings. The quantitative estimate of drug-likeness (QED) is 0.525. The molecule has 0 atom stereocenters. The van der Waals surface area contributed by atoms with Gasteiger partial charge in [0.05, 0.1) is 16.4 Å². The number of amides is 2. The third kappa shape index (κ3) is 4.98. The minimum atomic E-state index is -0.122. The molecule has 1 aliphatic heterocycles. The summed E-state index contributed by atoms with van der Waals surface area (Å²) >= 11 is 7.59. The number of hydrogen-bond donors (Lipinski definition) is 0. The highest BCUT2D eigenvalue weighted by Gasteiger charge is 2.22. The molecule has 1 aliphatic rings. The van der Waals surface area contributed by atoms with E-state index >= 15 is 0 Å². The maximum Gasteiger partial charge on any atom is 0.246 e. The van der Waals surface area contributed by atoms with E-state index in [1.807, 2.05) is 41.8 Å². The molecule has 1 fully saturated rings. The zero-order valence-electron chi connectivity index (χ0n) is 17.5. The standard InChI is InChI=1S/C23H22ClN5O2S/c1-17(30)29(19-6-3-2-4-7-19)23-26-18(16-32-23)9-10-21(31)27-12-14-28(15-13-27)22-20(24)8-5-11-25-22/h2-11,16H,12-15H2,1H3/b10-9+. The van der Waals surface area contributed by atoms with Crippen LogP contribution in [0.25, 0.3) is 6.08 Å². The van der Waals surface area contributed by atoms with Crippen LogP contribution in [0, 0.1) is 0 Å². The molecule has 2 aromatic heterocycles. The molecule has 0 N–H and O–H groups in total. The van der Waals surface area contributed by atoms with Crippen LogP contribution in [0.1, 0.15) is 12.6 Å². The Morgan fingerprint density at radius 2 is 1.84 bits per heavy atom. The molecule has 0 aliphatic carbocycles. The number of anilines is 3. The Labute approximate surface area is 195 Å². The highest BCUT2D eigenvalue weighted by Crippen LogP contribution is 2.29. The number of carbonyl (C=O) groups excluding carboxylic acids is 2. The maximum absolute atomic E-state index is 12.6. The van der Waals surface area contributed by atoms with Gasteiger partial charge in [0.1, 0.15) is 5.82 Å². The van der Waals surface area contributed by atoms with Crippen molar-refractivity contribution in [1.82, 2.24) is 14.9 Å². The summed E-state index contributed by atoms with van der Waals surface area (Å²) in [5.74, 6) is 0.557. The van der Waals surface area contributed by atoms with Crippen molar-refractivity contribution in [2.45, 2.75) is 6.92 Å². The predicted molar refractivity (Wildman–Crippen MR) is 128 cm³/mol. The fourth-order valence-corrected chi connectivity index (χ4v) is 4.57. The Hall–Kier alpha value is -3.23. The zero-order valence-corrected chi connectivity index (χ0v) is 19.1. The number of benzene rings is 1. The van der Waals surface area contributed by atoms with Crippen LogP contribution in [0.4, 0.5) is 16.6 Å². The molecule has 1 saturated heterocycles. The van der Waals surface area contributed by atoms with Gasteiger partial charge < -0.3 is 9.80 Å². The molecule has 0 radical (unpaired) electrons. The highest BCUT2D eigenvalue weighted by molar-refractivity contribution is 7.14. The molecule has 0 spiro atoms. The predicted octanol–water partition coefficient (Wildman–Crippen LogP) is 4.24. The van der Waals surface area contributed by atoms with Crippen LogP contribution in [0.2, 0.25) is 5.02 Å². The zero-order chi connectivity index (χ0) is 22.5. The molecule has 1 aromatic carbocycles. The number of pyridine rings is 1. The number of hydrogen-bond acceptors (Lipinski definition) is 6. The lowest BCUT2D eigenvalue weighted by Gasteiger charge is -2.35. The normalized spacial score (nSPS) is 14.1. The summed E-state index contributed by atoms with van der Waals surface area (Å²) in [6, 6.07) is 13.0. The smallest absolute Gasteiger partial charge is 0.246 e. The SMILES string of the molecule is CC(=O)N(c1ccccc1)c1nc(/C=C/C(=O)N2CCN(c3ncccc3Cl)CC2)cs1. The maximum atomic E-state index is 12.6. The van der Waals surface area contributed by atoms with E-state index in [-0.39, 0.29) is 11.8 Å². The number of rotatable bonds is 5. The average molecular weight is 468 g/mol. The second-order valence-corrected chi connectivity index (χ2v) is 8.44. The highest BCUT2D eigenvalue weighted by atomic mass is 35.5. The van der Waals surface area contributed by atoms with E-state index < -0.39 is 0 Å². The molecule has 3 heterocycles. The number of halogens is 1. The molecule has 0 bridgehead atoms. The number of piperazine rings is 1. The van der Waals surface area contributed by atoms with Crippen molar-refractivity contribution in [3.63, 3.8) is 0 Å². The number of para-hydroxylation sites is 1. The van der Waals surface area contributed by atoms with Gasteiger partial charge in [-0.05, 0) is 30.3 Å². The number of nitrogens with zero attached hydrogens (tertiary/aromatic N) is 5. The second-order valence-electron chi connectivity index (χ2n) is 7.20. The molecular weight excluding hydrogens is 446 g/mol. The summed E-state index contributed by atoms with van der Waals surface area (Å²) in [7, 11) is 0. The van der Waals surface area contributed by atoms with Crippen LogP contribution in [0.5, 0.6) is 0 Å². The fraction of sp³-hybridized carbons (Fsp3) is 0.217. The van der Waals surface area contributed by atoms with E-state index in [4.69, 9.17) is 11.6 Å². The Morgan fingerprint density at radius 1 is 1.09 bits per heavy atom. The molecule has 2 amide bonds. The molecular formula is C23H22ClN5O2S. The summed E-state index contributed by atoms with van der Waals surface area (Å²) in [6.45, 7) is 4.02. The molecule has 9 heteroatoms. The summed E-state index contributed by atoms with van der Waals surface area (Å²) in [6.07, 6.45) is 4.94. The van der Waals surface area contributed by atoms with Gasteiger partial charge in [-0.15, -0.1) is 11.3 Å². The summed E-state index contributed by atoms with van der Waals surface area (Å²) < 4.78 is 0. The minimum Gasteiger partial charge on any atom is -0.352 e. The number of carbonyl (C=O) groups is 2. The molecule has 7 nitrogen and oxygen atoms in total. The second kappa shape index (κ2) is 9.93. The van der Waals surface area contributed by atoms with E-state index in [9.17, 15) is 9.59 Å². The van der Waals surface area contributed by atoms with Gasteiger partial charge in [0.25, 0.3) is 0 Å². The third-order valence-electron chi connectivity index (χ3n) is 5.06. The van der Waals surface area contributed by atoms with Crippen molar-refractivity contribution in [3.8, 4) is 0 Å². The number of thiazole rings is 1. The van der Waals surface area contributed by atoms with Gasteiger partial charge in [-0.3, -0.25) is 14.5 Å². The monoisotopic (exact) mass is 467 g/mol. The number of aromatic nitrogens is 2. The first kappa shape index (κ1) is 22.0. The van der Waals surface area contributed by atoms with Crippen LogP contribution in [-0.2, 0) is 9.59 Å². The van der Waals surface area contributed by atoms with Gasteiger partial charge in [0.2, 0.25) is 11.8 Å². The van der Waals surface area contributed by atoms with Gasteiger partial charge in [-0.25, -0.2) is 9.97 Å². The Balaban J connectivity index is 1.38. The van der Waals surface area contributed by atoms with Gasteiger partial charge in [-0.1, -0.05) is 29.8 Å². The Morgan fingerprint density at radius 3 is 2.53 bits per heavy atom. The van der Waals surface area contributed by atoms with Crippen molar-refractivity contribution in [2.75, 3.05) is 36.0 Å². The largest absolute Gasteiger partial charge is 0.352 e. The van der Waals surface area contributed by atoms with Crippen LogP contribution in [-0.4, -0.2) is 52.9 Å². The third-order valence-corrected chi connectivity index (χ3v) is 6.20. The van der Waals surface area contributed by atoms with Gasteiger partial charge in [0.15, 0.2) is 5.13 Å². The molecule has 4 rings (SSSR count). The van der Waals surface area contributed by atoms with Crippen LogP contribution in [0.3, 0.4) is 0 Å². The van der Waals surface area contributed by atoms with Gasteiger partial charge in [-0.2, -0.15) is 0 Å². The van der Waals surface area contributed by atoms with E-state index in [0.717, 1.165) is 11.5 Å². The van der Waals surface area contributed by atoms with E-state index in [1.54, 1.807) is 28.1 Å². The van der Waals surface area contributed by atoms with Gasteiger partial charge in [0, 0.05) is 50.8 Å². The van der Waals surface area contributed by atoms with E-state index in [1.165, 1.54) is 24.3 Å². The van der Waals surface area contributed by atoms with Crippen LogP contribution < -0.4 is 9.80 Å². The summed E-state index contributed by atoms with van der Waals surface area (Å²) in [4.78, 5) is 39.1. The summed E-state index contributed by atoms with van der Waals surface area (Å²) in [5, 5.41) is 3.01. The first-order chi connectivity index (χ1) is 15.5. The lowest BCUT2D eigenvalue weighted by Crippen LogP contribution is -2.48. The van der Waals surface area contributed by atoms with Gasteiger partial charge >= 0.3 is 0 Å². The van der Waals surface area contributed by atoms with Crippen molar-refractivity contribution in [3.05, 3.63) is 70.8 Å². The van der Waals surface area contributed by atoms with Crippen molar-refractivity contribution in [2.24, 2.45) is 0 Å². The molecule has 164 valence electrons. The van der Waals surface area contributed by atoms with Crippen molar-refractivity contribution >= 4 is 57.5 Å². The molecule has 32 heavy (non-hydrogen) atoms. The first-order valence-corrected chi connectivity index (χ1v) is 11.4. The lowest BCUT2D eigenvalue weighted by molar-refractivity contribution is -0.126. The lowest BCUT2D eigenvalue weighted by atomic mass is 10.3. The van der Waals surface area contributed by atoms with E-state index in [0.29, 0.717) is 42.0 Å². The average Bonchev–Trinajstić information content (AvgIpc) is 3.27. The van der Waals surface area contributed by atoms with Crippen molar-refractivity contribution < 1.29 is 9.59 Å². The molecule has 0 unspecified atom stereocenters. The Kier molecular flexibility index (Phi) is 6.82. The Bertz CT molecular complexity index is 1130. The minimum absolute atomic E-state index is 0.0715. The topological polar surface area (TPSA) is 69.6 Å². The summed E-state index contributed by atoms with van der Waals surface area (Å²) in [5.41, 5.74) is 1.39. The molecule has 0 saturated carbocycles. The van der Waals surface area contributed by atoms with Crippen LogP contribution >= 0.6 is 22.9 Å². The van der Waals surface area contributed by atoms with Crippen LogP contribution in [0.15, 0.2) is 60.1 Å².